The molecule has 1 nitrogen and oxygen atoms in total. The predicted octanol–water partition coefficient (Wildman–Crippen LogP) is 3.69. The van der Waals surface area contributed by atoms with Gasteiger partial charge in [0.1, 0.15) is 0 Å². The van der Waals surface area contributed by atoms with E-state index in [-0.39, 0.29) is 0 Å². The van der Waals surface area contributed by atoms with Gasteiger partial charge in [-0.2, -0.15) is 0 Å². The summed E-state index contributed by atoms with van der Waals surface area (Å²) in [4.78, 5) is 3.10. The van der Waals surface area contributed by atoms with Crippen LogP contribution in [0.4, 0.5) is 0 Å². The van der Waals surface area contributed by atoms with Crippen molar-refractivity contribution in [2.45, 2.75) is 51.0 Å². The lowest BCUT2D eigenvalue weighted by Crippen LogP contribution is -2.14. The number of terminal acetylenes is 1. The molecule has 0 aromatic carbocycles. The first-order valence-corrected chi connectivity index (χ1v) is 7.39. The van der Waals surface area contributed by atoms with Crippen LogP contribution >= 0.6 is 11.3 Å². The van der Waals surface area contributed by atoms with Crippen molar-refractivity contribution in [2.24, 2.45) is 0 Å². The van der Waals surface area contributed by atoms with Crippen molar-refractivity contribution >= 4 is 11.3 Å². The molecule has 2 heteroatoms. The van der Waals surface area contributed by atoms with E-state index in [4.69, 9.17) is 6.42 Å². The minimum absolute atomic E-state index is 0.447. The van der Waals surface area contributed by atoms with Crippen LogP contribution in [0.5, 0.6) is 0 Å². The first-order chi connectivity index (χ1) is 8.35. The Labute approximate surface area is 109 Å². The van der Waals surface area contributed by atoms with Gasteiger partial charge < -0.3 is 5.32 Å². The molecule has 1 N–H and O–H groups in total. The highest BCUT2D eigenvalue weighted by Crippen LogP contribution is 2.33. The van der Waals surface area contributed by atoms with Gasteiger partial charge in [0.2, 0.25) is 0 Å². The molecule has 1 heterocycles. The third-order valence-corrected chi connectivity index (χ3v) is 4.89. The van der Waals surface area contributed by atoms with E-state index in [0.29, 0.717) is 6.04 Å². The lowest BCUT2D eigenvalue weighted by Gasteiger charge is -2.12. The Morgan fingerprint density at radius 3 is 3.00 bits per heavy atom. The van der Waals surface area contributed by atoms with Gasteiger partial charge in [-0.1, -0.05) is 6.42 Å². The summed E-state index contributed by atoms with van der Waals surface area (Å²) >= 11 is 2.00. The van der Waals surface area contributed by atoms with E-state index in [1.54, 1.807) is 10.4 Å². The summed E-state index contributed by atoms with van der Waals surface area (Å²) in [5.41, 5.74) is 1.60. The number of thiophene rings is 1. The molecule has 0 radical (unpaired) electrons. The maximum Gasteiger partial charge on any atom is 0.0421 e. The minimum atomic E-state index is 0.447. The fraction of sp³-hybridized carbons (Fsp3) is 0.600. The van der Waals surface area contributed by atoms with E-state index in [1.807, 2.05) is 18.4 Å². The van der Waals surface area contributed by atoms with Crippen LogP contribution in [0.15, 0.2) is 6.07 Å². The van der Waals surface area contributed by atoms with Crippen molar-refractivity contribution in [2.75, 3.05) is 7.05 Å². The first-order valence-electron chi connectivity index (χ1n) is 6.57. The summed E-state index contributed by atoms with van der Waals surface area (Å²) in [6.07, 6.45) is 13.9. The highest BCUT2D eigenvalue weighted by Gasteiger charge is 2.16. The lowest BCUT2D eigenvalue weighted by molar-refractivity contribution is 0.567. The van der Waals surface area contributed by atoms with Gasteiger partial charge in [0, 0.05) is 22.2 Å². The van der Waals surface area contributed by atoms with E-state index in [2.05, 4.69) is 17.3 Å². The molecule has 0 saturated heterocycles. The molecule has 1 unspecified atom stereocenters. The number of aryl methyl sites for hydroxylation is 2. The maximum absolute atomic E-state index is 5.35. The second kappa shape index (κ2) is 6.23. The molecule has 1 aromatic heterocycles. The zero-order valence-corrected chi connectivity index (χ0v) is 11.4. The molecule has 1 aliphatic rings. The van der Waals surface area contributed by atoms with Gasteiger partial charge in [-0.25, -0.2) is 0 Å². The number of hydrogen-bond donors (Lipinski definition) is 1. The summed E-state index contributed by atoms with van der Waals surface area (Å²) in [6.45, 7) is 0. The molecule has 0 amide bonds. The van der Waals surface area contributed by atoms with E-state index in [0.717, 1.165) is 12.8 Å². The van der Waals surface area contributed by atoms with Crippen molar-refractivity contribution in [3.63, 3.8) is 0 Å². The second-order valence-corrected chi connectivity index (χ2v) is 5.91. The highest BCUT2D eigenvalue weighted by molar-refractivity contribution is 7.12. The molecule has 0 aliphatic heterocycles. The topological polar surface area (TPSA) is 12.0 Å². The Kier molecular flexibility index (Phi) is 4.65. The van der Waals surface area contributed by atoms with Gasteiger partial charge in [-0.3, -0.25) is 0 Å². The number of nitrogens with one attached hydrogen (secondary N) is 1. The molecule has 1 aromatic rings. The first kappa shape index (κ1) is 12.7. The largest absolute Gasteiger partial charge is 0.312 e. The van der Waals surface area contributed by atoms with Gasteiger partial charge in [0.05, 0.1) is 0 Å². The molecule has 0 bridgehead atoms. The van der Waals surface area contributed by atoms with Crippen LogP contribution < -0.4 is 5.32 Å². The molecule has 0 saturated carbocycles. The van der Waals surface area contributed by atoms with Crippen LogP contribution in [-0.4, -0.2) is 7.05 Å². The zero-order chi connectivity index (χ0) is 12.1. The second-order valence-electron chi connectivity index (χ2n) is 4.74. The molecule has 92 valence electrons. The molecule has 1 atom stereocenters. The predicted molar refractivity (Wildman–Crippen MR) is 75.4 cm³/mol. The van der Waals surface area contributed by atoms with Gasteiger partial charge in [0.25, 0.3) is 0 Å². The van der Waals surface area contributed by atoms with Crippen LogP contribution in [0.1, 0.15) is 53.5 Å². The Morgan fingerprint density at radius 1 is 1.41 bits per heavy atom. The van der Waals surface area contributed by atoms with Gasteiger partial charge in [-0.15, -0.1) is 23.7 Å². The standard InChI is InChI=1S/C15H21NS/c1-3-4-9-13(16-2)15-11-12-8-6-5-7-10-14(12)17-15/h1,11,13,16H,4-10H2,2H3. The molecule has 0 spiro atoms. The molecular formula is C15H21NS. The van der Waals surface area contributed by atoms with Gasteiger partial charge in [-0.05, 0) is 50.8 Å². The smallest absolute Gasteiger partial charge is 0.0421 e. The maximum atomic E-state index is 5.35. The summed E-state index contributed by atoms with van der Waals surface area (Å²) in [5.74, 6) is 2.74. The Hall–Kier alpha value is -0.780. The molecular weight excluding hydrogens is 226 g/mol. The summed E-state index contributed by atoms with van der Waals surface area (Å²) in [7, 11) is 2.03. The molecule has 1 aliphatic carbocycles. The third kappa shape index (κ3) is 3.12. The average molecular weight is 247 g/mol. The van der Waals surface area contributed by atoms with Crippen molar-refractivity contribution < 1.29 is 0 Å². The van der Waals surface area contributed by atoms with Crippen molar-refractivity contribution in [1.82, 2.24) is 5.32 Å². The SMILES string of the molecule is C#CCCC(NC)c1cc2c(s1)CCCCC2. The van der Waals surface area contributed by atoms with Crippen LogP contribution in [0, 0.1) is 12.3 Å². The number of fused-ring (bicyclic) bond motifs is 1. The van der Waals surface area contributed by atoms with E-state index in [1.165, 1.54) is 37.0 Å². The van der Waals surface area contributed by atoms with Crippen LogP contribution in [-0.2, 0) is 12.8 Å². The Morgan fingerprint density at radius 2 is 2.24 bits per heavy atom. The van der Waals surface area contributed by atoms with Crippen LogP contribution in [0.25, 0.3) is 0 Å². The fourth-order valence-corrected chi connectivity index (χ4v) is 3.92. The van der Waals surface area contributed by atoms with Gasteiger partial charge >= 0.3 is 0 Å². The quantitative estimate of drug-likeness (QED) is 0.632. The van der Waals surface area contributed by atoms with Crippen molar-refractivity contribution in [1.29, 1.82) is 0 Å². The van der Waals surface area contributed by atoms with Crippen LogP contribution in [0.2, 0.25) is 0 Å². The normalized spacial score (nSPS) is 16.9. The molecule has 17 heavy (non-hydrogen) atoms. The Balaban J connectivity index is 2.12. The van der Waals surface area contributed by atoms with Crippen molar-refractivity contribution in [3.05, 3.63) is 21.4 Å². The van der Waals surface area contributed by atoms with E-state index >= 15 is 0 Å². The average Bonchev–Trinajstić information content (AvgIpc) is 2.61. The zero-order valence-electron chi connectivity index (χ0n) is 10.6. The minimum Gasteiger partial charge on any atom is -0.312 e. The molecule has 0 fully saturated rings. The van der Waals surface area contributed by atoms with E-state index < -0.39 is 0 Å². The number of hydrogen-bond acceptors (Lipinski definition) is 2. The monoisotopic (exact) mass is 247 g/mol. The summed E-state index contributed by atoms with van der Waals surface area (Å²) in [5, 5.41) is 3.39. The van der Waals surface area contributed by atoms with Crippen molar-refractivity contribution in [3.8, 4) is 12.3 Å². The van der Waals surface area contributed by atoms with Crippen LogP contribution in [0.3, 0.4) is 0 Å². The third-order valence-electron chi connectivity index (χ3n) is 3.53. The number of rotatable bonds is 4. The van der Waals surface area contributed by atoms with Gasteiger partial charge in [0.15, 0.2) is 0 Å². The summed E-state index contributed by atoms with van der Waals surface area (Å²) in [6, 6.07) is 2.87. The van der Waals surface area contributed by atoms with E-state index in [9.17, 15) is 0 Å². The highest BCUT2D eigenvalue weighted by atomic mass is 32.1. The summed E-state index contributed by atoms with van der Waals surface area (Å²) < 4.78 is 0. The molecule has 2 rings (SSSR count). The Bertz CT molecular complexity index is 376. The lowest BCUT2D eigenvalue weighted by atomic mass is 10.1. The fourth-order valence-electron chi connectivity index (χ4n) is 2.52.